The molecule has 1 saturated heterocycles. The second kappa shape index (κ2) is 7.38. The van der Waals surface area contributed by atoms with Crippen LogP contribution in [0.25, 0.3) is 0 Å². The first-order valence-electron chi connectivity index (χ1n) is 8.39. The number of hydrogen-bond acceptors (Lipinski definition) is 3. The Morgan fingerprint density at radius 1 is 1.08 bits per heavy atom. The summed E-state index contributed by atoms with van der Waals surface area (Å²) < 4.78 is 5.24. The van der Waals surface area contributed by atoms with Crippen LogP contribution in [0.4, 0.5) is 4.79 Å². The van der Waals surface area contributed by atoms with E-state index >= 15 is 0 Å². The second-order valence-corrected chi connectivity index (χ2v) is 6.48. The maximum atomic E-state index is 12.7. The molecule has 1 fully saturated rings. The Kier molecular flexibility index (Phi) is 5.03. The van der Waals surface area contributed by atoms with Crippen LogP contribution in [0.1, 0.15) is 24.5 Å². The van der Waals surface area contributed by atoms with Crippen molar-refractivity contribution in [1.29, 1.82) is 0 Å². The van der Waals surface area contributed by atoms with Crippen LogP contribution in [0.2, 0.25) is 0 Å². The average molecular weight is 338 g/mol. The molecule has 0 unspecified atom stereocenters. The van der Waals surface area contributed by atoms with Gasteiger partial charge in [-0.1, -0.05) is 60.7 Å². The van der Waals surface area contributed by atoms with E-state index in [1.54, 1.807) is 11.8 Å². The van der Waals surface area contributed by atoms with Crippen LogP contribution >= 0.6 is 0 Å². The third kappa shape index (κ3) is 4.18. The first-order chi connectivity index (χ1) is 12.1. The lowest BCUT2D eigenvalue weighted by molar-refractivity contribution is -0.133. The zero-order chi connectivity index (χ0) is 17.7. The molecule has 2 aromatic rings. The highest BCUT2D eigenvalue weighted by Crippen LogP contribution is 2.24. The van der Waals surface area contributed by atoms with E-state index in [0.29, 0.717) is 19.5 Å². The highest BCUT2D eigenvalue weighted by molar-refractivity contribution is 5.91. The Balaban J connectivity index is 1.54. The number of hydrogen-bond donors (Lipinski definition) is 1. The third-order valence-corrected chi connectivity index (χ3v) is 4.45. The Labute approximate surface area is 147 Å². The molecule has 130 valence electrons. The number of carbonyl (C=O) groups excluding carboxylic acids is 2. The summed E-state index contributed by atoms with van der Waals surface area (Å²) >= 11 is 0. The van der Waals surface area contributed by atoms with Crippen LogP contribution in [0, 0.1) is 0 Å². The summed E-state index contributed by atoms with van der Waals surface area (Å²) in [5.41, 5.74) is 1.07. The Hall–Kier alpha value is -2.82. The monoisotopic (exact) mass is 338 g/mol. The van der Waals surface area contributed by atoms with Gasteiger partial charge in [0.15, 0.2) is 0 Å². The van der Waals surface area contributed by atoms with Crippen LogP contribution in [0.15, 0.2) is 60.7 Å². The third-order valence-electron chi connectivity index (χ3n) is 4.45. The van der Waals surface area contributed by atoms with Gasteiger partial charge in [0, 0.05) is 13.1 Å². The van der Waals surface area contributed by atoms with Gasteiger partial charge in [0.2, 0.25) is 5.91 Å². The van der Waals surface area contributed by atoms with Crippen molar-refractivity contribution in [3.05, 3.63) is 71.8 Å². The molecule has 1 aliphatic rings. The van der Waals surface area contributed by atoms with Crippen LogP contribution in [0.3, 0.4) is 0 Å². The van der Waals surface area contributed by atoms with Gasteiger partial charge in [0.1, 0.15) is 12.1 Å². The summed E-state index contributed by atoms with van der Waals surface area (Å²) in [6.07, 6.45) is 0.000282. The van der Waals surface area contributed by atoms with Crippen molar-refractivity contribution in [2.75, 3.05) is 6.54 Å². The molecule has 3 rings (SSSR count). The highest BCUT2D eigenvalue weighted by atomic mass is 16.5. The second-order valence-electron chi connectivity index (χ2n) is 6.48. The zero-order valence-corrected chi connectivity index (χ0v) is 14.3. The molecule has 1 heterocycles. The van der Waals surface area contributed by atoms with Crippen molar-refractivity contribution in [3.8, 4) is 0 Å². The Morgan fingerprint density at radius 3 is 2.32 bits per heavy atom. The van der Waals surface area contributed by atoms with Crippen molar-refractivity contribution < 1.29 is 14.3 Å². The number of alkyl carbamates (subject to hydrolysis) is 1. The lowest BCUT2D eigenvalue weighted by Gasteiger charge is -2.24. The van der Waals surface area contributed by atoms with E-state index in [2.05, 4.69) is 5.32 Å². The van der Waals surface area contributed by atoms with Crippen LogP contribution < -0.4 is 5.32 Å². The molecule has 2 amide bonds. The number of rotatable bonds is 5. The molecule has 0 aliphatic carbocycles. The Bertz CT molecular complexity index is 733. The molecule has 0 radical (unpaired) electrons. The molecule has 5 heteroatoms. The van der Waals surface area contributed by atoms with Gasteiger partial charge in [0.05, 0.1) is 0 Å². The molecule has 25 heavy (non-hydrogen) atoms. The molecule has 0 saturated carbocycles. The quantitative estimate of drug-likeness (QED) is 0.911. The minimum absolute atomic E-state index is 0.0759. The molecule has 0 spiro atoms. The fourth-order valence-corrected chi connectivity index (χ4v) is 2.97. The molecular formula is C20H22N2O3. The maximum absolute atomic E-state index is 12.7. The minimum Gasteiger partial charge on any atom is -0.445 e. The zero-order valence-electron chi connectivity index (χ0n) is 14.3. The largest absolute Gasteiger partial charge is 0.445 e. The molecule has 2 aromatic carbocycles. The molecule has 1 aliphatic heterocycles. The predicted molar refractivity (Wildman–Crippen MR) is 94.6 cm³/mol. The predicted octanol–water partition coefficient (Wildman–Crippen LogP) is 3.10. The Morgan fingerprint density at radius 2 is 1.68 bits per heavy atom. The fourth-order valence-electron chi connectivity index (χ4n) is 2.97. The lowest BCUT2D eigenvalue weighted by atomic mass is 10.0. The van der Waals surface area contributed by atoms with Crippen LogP contribution in [0.5, 0.6) is 0 Å². The maximum Gasteiger partial charge on any atom is 0.408 e. The minimum atomic E-state index is -0.914. The molecule has 0 bridgehead atoms. The van der Waals surface area contributed by atoms with Gasteiger partial charge in [-0.3, -0.25) is 4.79 Å². The van der Waals surface area contributed by atoms with Crippen molar-refractivity contribution in [3.63, 3.8) is 0 Å². The number of ether oxygens (including phenoxy) is 1. The summed E-state index contributed by atoms with van der Waals surface area (Å²) in [5.74, 6) is -0.0759. The van der Waals surface area contributed by atoms with E-state index in [0.717, 1.165) is 11.1 Å². The van der Waals surface area contributed by atoms with Crippen molar-refractivity contribution in [2.24, 2.45) is 0 Å². The molecule has 0 aromatic heterocycles. The number of nitrogens with one attached hydrogen (secondary N) is 1. The smallest absolute Gasteiger partial charge is 0.408 e. The average Bonchev–Trinajstić information content (AvgIpc) is 2.90. The van der Waals surface area contributed by atoms with Gasteiger partial charge >= 0.3 is 6.09 Å². The van der Waals surface area contributed by atoms with Crippen molar-refractivity contribution in [2.45, 2.75) is 32.0 Å². The summed E-state index contributed by atoms with van der Waals surface area (Å²) in [6.45, 7) is 3.11. The highest BCUT2D eigenvalue weighted by Gasteiger charge is 2.44. The van der Waals surface area contributed by atoms with E-state index in [-0.39, 0.29) is 12.5 Å². The molecule has 5 nitrogen and oxygen atoms in total. The van der Waals surface area contributed by atoms with Crippen LogP contribution in [-0.4, -0.2) is 29.0 Å². The summed E-state index contributed by atoms with van der Waals surface area (Å²) in [7, 11) is 0. The van der Waals surface area contributed by atoms with E-state index < -0.39 is 11.6 Å². The summed E-state index contributed by atoms with van der Waals surface area (Å²) in [5, 5.41) is 2.74. The lowest BCUT2D eigenvalue weighted by Crippen LogP contribution is -2.51. The number of likely N-dealkylation sites (tertiary alicyclic amines) is 1. The van der Waals surface area contributed by atoms with Gasteiger partial charge in [-0.25, -0.2) is 4.79 Å². The van der Waals surface area contributed by atoms with Gasteiger partial charge in [-0.2, -0.15) is 0 Å². The first kappa shape index (κ1) is 17.0. The van der Waals surface area contributed by atoms with Crippen molar-refractivity contribution in [1.82, 2.24) is 10.2 Å². The van der Waals surface area contributed by atoms with E-state index in [1.165, 1.54) is 0 Å². The fraction of sp³-hybridized carbons (Fsp3) is 0.300. The topological polar surface area (TPSA) is 58.6 Å². The SMILES string of the molecule is C[C@@]1(NC(=O)OCc2ccccc2)CCN(Cc2ccccc2)C1=O. The van der Waals surface area contributed by atoms with E-state index in [4.69, 9.17) is 4.74 Å². The molecule has 1 atom stereocenters. The van der Waals surface area contributed by atoms with Gasteiger partial charge in [-0.15, -0.1) is 0 Å². The molecular weight excluding hydrogens is 316 g/mol. The van der Waals surface area contributed by atoms with E-state index in [9.17, 15) is 9.59 Å². The standard InChI is InChI=1S/C20H22N2O3/c1-20(21-19(24)25-15-17-10-6-3-7-11-17)12-13-22(18(20)23)14-16-8-4-2-5-9-16/h2-11H,12-15H2,1H3,(H,21,24)/t20-/m1/s1. The number of benzene rings is 2. The number of nitrogens with zero attached hydrogens (tertiary/aromatic N) is 1. The van der Waals surface area contributed by atoms with Crippen LogP contribution in [-0.2, 0) is 22.7 Å². The summed E-state index contributed by atoms with van der Waals surface area (Å²) in [4.78, 5) is 26.6. The normalized spacial score (nSPS) is 19.7. The first-order valence-corrected chi connectivity index (χ1v) is 8.39. The van der Waals surface area contributed by atoms with Gasteiger partial charge in [0.25, 0.3) is 0 Å². The number of carbonyl (C=O) groups is 2. The summed E-state index contributed by atoms with van der Waals surface area (Å²) in [6, 6.07) is 19.3. The van der Waals surface area contributed by atoms with Gasteiger partial charge < -0.3 is 15.0 Å². The van der Waals surface area contributed by atoms with Crippen molar-refractivity contribution >= 4 is 12.0 Å². The number of amides is 2. The van der Waals surface area contributed by atoms with E-state index in [1.807, 2.05) is 60.7 Å². The van der Waals surface area contributed by atoms with Gasteiger partial charge in [-0.05, 0) is 24.5 Å². The molecule has 1 N–H and O–H groups in total.